The first kappa shape index (κ1) is 33.5. The molecule has 3 rings (SSSR count). The number of para-hydroxylation sites is 3. The van der Waals surface area contributed by atoms with Crippen molar-refractivity contribution in [1.29, 1.82) is 5.26 Å². The maximum absolute atomic E-state index is 10.9. The van der Waals surface area contributed by atoms with Crippen molar-refractivity contribution >= 4 is 28.8 Å². The lowest BCUT2D eigenvalue weighted by Gasteiger charge is -2.06. The smallest absolute Gasteiger partial charge is 0.312 e. The number of hydrogen-bond donors (Lipinski definition) is 3. The second-order valence-corrected chi connectivity index (χ2v) is 7.31. The van der Waals surface area contributed by atoms with E-state index in [1.807, 2.05) is 6.07 Å². The van der Waals surface area contributed by atoms with Gasteiger partial charge in [0.1, 0.15) is 11.6 Å². The van der Waals surface area contributed by atoms with E-state index in [0.717, 1.165) is 0 Å². The average Bonchev–Trinajstić information content (AvgIpc) is 2.99. The molecule has 0 bridgehead atoms. The van der Waals surface area contributed by atoms with Gasteiger partial charge in [0.05, 0.1) is 47.2 Å². The third-order valence-electron chi connectivity index (χ3n) is 4.95. The van der Waals surface area contributed by atoms with E-state index >= 15 is 0 Å². The number of amides is 1. The maximum atomic E-state index is 10.9. The van der Waals surface area contributed by atoms with Crippen molar-refractivity contribution in [2.45, 2.75) is 0 Å². The highest BCUT2D eigenvalue weighted by Crippen LogP contribution is 2.31. The molecule has 0 aliphatic carbocycles. The van der Waals surface area contributed by atoms with Crippen LogP contribution in [0.15, 0.2) is 59.8 Å². The molecule has 18 nitrogen and oxygen atoms in total. The molecule has 0 atom stereocenters. The lowest BCUT2D eigenvalue weighted by atomic mass is 10.1. The van der Waals surface area contributed by atoms with E-state index in [1.54, 1.807) is 0 Å². The van der Waals surface area contributed by atoms with Gasteiger partial charge in [-0.1, -0.05) is 23.4 Å². The Bertz CT molecular complexity index is 1520. The lowest BCUT2D eigenvalue weighted by molar-refractivity contribution is -0.385. The number of nitro benzene ring substituents is 3. The minimum Gasteiger partial charge on any atom is -0.490 e. The van der Waals surface area contributed by atoms with Crippen molar-refractivity contribution in [2.24, 2.45) is 16.6 Å². The zero-order chi connectivity index (χ0) is 32.0. The summed E-state index contributed by atoms with van der Waals surface area (Å²) < 4.78 is 14.4. The molecule has 0 saturated heterocycles. The van der Waals surface area contributed by atoms with Crippen molar-refractivity contribution in [2.75, 3.05) is 21.3 Å². The van der Waals surface area contributed by atoms with Crippen LogP contribution in [-0.2, 0) is 0 Å². The molecular formula is C24H23N7O11. The van der Waals surface area contributed by atoms with Crippen molar-refractivity contribution < 1.29 is 39.0 Å². The van der Waals surface area contributed by atoms with E-state index in [4.69, 9.17) is 36.1 Å². The first-order valence-electron chi connectivity index (χ1n) is 11.0. The Morgan fingerprint density at radius 2 is 1.14 bits per heavy atom. The molecule has 0 radical (unpaired) electrons. The van der Waals surface area contributed by atoms with Gasteiger partial charge >= 0.3 is 17.1 Å². The number of amidine groups is 1. The molecule has 0 fully saturated rings. The average molecular weight is 585 g/mol. The Morgan fingerprint density at radius 1 is 0.762 bits per heavy atom. The number of nitriles is 1. The van der Waals surface area contributed by atoms with Crippen LogP contribution < -0.4 is 25.7 Å². The van der Waals surface area contributed by atoms with E-state index < -0.39 is 20.7 Å². The summed E-state index contributed by atoms with van der Waals surface area (Å²) in [6, 6.07) is 14.2. The van der Waals surface area contributed by atoms with Crippen LogP contribution in [0.25, 0.3) is 0 Å². The third kappa shape index (κ3) is 8.24. The summed E-state index contributed by atoms with van der Waals surface area (Å²) in [5.41, 5.74) is 9.99. The van der Waals surface area contributed by atoms with Gasteiger partial charge in [0.25, 0.3) is 5.91 Å². The van der Waals surface area contributed by atoms with E-state index in [0.29, 0.717) is 0 Å². The summed E-state index contributed by atoms with van der Waals surface area (Å²) in [4.78, 5) is 40.7. The Morgan fingerprint density at radius 3 is 1.50 bits per heavy atom. The molecule has 42 heavy (non-hydrogen) atoms. The number of nitrogens with two attached hydrogens (primary N) is 2. The van der Waals surface area contributed by atoms with Gasteiger partial charge in [-0.25, -0.2) is 0 Å². The van der Waals surface area contributed by atoms with Crippen LogP contribution in [0.5, 0.6) is 17.2 Å². The number of primary amides is 1. The summed E-state index contributed by atoms with van der Waals surface area (Å²) in [6.45, 7) is 0. The topological polar surface area (TPSA) is 283 Å². The Labute approximate surface area is 236 Å². The number of ether oxygens (including phenoxy) is 3. The van der Waals surface area contributed by atoms with Crippen LogP contribution in [-0.4, -0.2) is 53.0 Å². The predicted octanol–water partition coefficient (Wildman–Crippen LogP) is 2.88. The number of oxime groups is 1. The molecule has 3 aromatic carbocycles. The summed E-state index contributed by atoms with van der Waals surface area (Å²) in [6.07, 6.45) is 0. The largest absolute Gasteiger partial charge is 0.490 e. The molecule has 18 heteroatoms. The quantitative estimate of drug-likeness (QED) is 0.113. The first-order chi connectivity index (χ1) is 19.9. The molecule has 220 valence electrons. The molecule has 0 aromatic heterocycles. The fourth-order valence-corrected chi connectivity index (χ4v) is 3.19. The van der Waals surface area contributed by atoms with Crippen LogP contribution in [0.1, 0.15) is 21.5 Å². The van der Waals surface area contributed by atoms with Crippen LogP contribution in [0, 0.1) is 41.7 Å². The molecule has 1 amide bonds. The van der Waals surface area contributed by atoms with Gasteiger partial charge in [0, 0.05) is 18.2 Å². The predicted molar refractivity (Wildman–Crippen MR) is 145 cm³/mol. The number of benzene rings is 3. The van der Waals surface area contributed by atoms with E-state index in [-0.39, 0.29) is 56.8 Å². The summed E-state index contributed by atoms with van der Waals surface area (Å²) >= 11 is 0. The SMILES string of the molecule is COc1c(/C(N)=N/O)cccc1[N+](=O)[O-].COc1c(C#N)cccc1[N+](=O)[O-].COc1c(C(N)=O)cccc1[N+](=O)[O-]. The molecule has 0 spiro atoms. The standard InChI is InChI=1S/C8H9N3O4.C8H8N2O4.C8H6N2O3/c1-15-7-5(8(9)10-12)3-2-4-6(7)11(13)14;1-14-7-5(8(9)11)3-2-4-6(7)10(12)13;1-13-8-6(5-9)3-2-4-7(8)10(11)12/h2-4,12H,1H3,(H2,9,10);2-4H,1H3,(H2,9,11);2-4H,1H3. The van der Waals surface area contributed by atoms with E-state index in [9.17, 15) is 35.1 Å². The zero-order valence-corrected chi connectivity index (χ0v) is 22.1. The van der Waals surface area contributed by atoms with Crippen molar-refractivity contribution in [3.05, 3.63) is 102 Å². The summed E-state index contributed by atoms with van der Waals surface area (Å²) in [7, 11) is 3.81. The van der Waals surface area contributed by atoms with Gasteiger partial charge in [-0.3, -0.25) is 35.1 Å². The summed E-state index contributed by atoms with van der Waals surface area (Å²) in [5.74, 6) is -1.13. The molecule has 0 saturated carbocycles. The Hall–Kier alpha value is -6.51. The highest BCUT2D eigenvalue weighted by Gasteiger charge is 2.21. The van der Waals surface area contributed by atoms with Gasteiger partial charge in [-0.05, 0) is 18.2 Å². The minimum absolute atomic E-state index is 0.00157. The number of rotatable bonds is 8. The zero-order valence-electron chi connectivity index (χ0n) is 22.1. The monoisotopic (exact) mass is 585 g/mol. The van der Waals surface area contributed by atoms with Crippen molar-refractivity contribution in [3.63, 3.8) is 0 Å². The van der Waals surface area contributed by atoms with Crippen molar-refractivity contribution in [1.82, 2.24) is 0 Å². The van der Waals surface area contributed by atoms with Crippen LogP contribution in [0.2, 0.25) is 0 Å². The second-order valence-electron chi connectivity index (χ2n) is 7.31. The number of carbonyl (C=O) groups excluding carboxylic acids is 1. The van der Waals surface area contributed by atoms with E-state index in [1.165, 1.54) is 75.9 Å². The maximum Gasteiger partial charge on any atom is 0.312 e. The molecule has 0 aliphatic heterocycles. The number of nitro groups is 3. The highest BCUT2D eigenvalue weighted by molar-refractivity contribution is 6.00. The molecule has 0 aliphatic rings. The van der Waals surface area contributed by atoms with Gasteiger partial charge in [-0.2, -0.15) is 5.26 Å². The summed E-state index contributed by atoms with van der Waals surface area (Å²) in [5, 5.41) is 51.5. The van der Waals surface area contributed by atoms with E-state index in [2.05, 4.69) is 5.16 Å². The fraction of sp³-hybridized carbons (Fsp3) is 0.125. The lowest BCUT2D eigenvalue weighted by Crippen LogP contribution is -2.15. The normalized spacial score (nSPS) is 9.90. The molecule has 0 heterocycles. The van der Waals surface area contributed by atoms with Gasteiger partial charge in [-0.15, -0.1) is 0 Å². The van der Waals surface area contributed by atoms with Crippen LogP contribution in [0.4, 0.5) is 17.1 Å². The minimum atomic E-state index is -0.759. The second kappa shape index (κ2) is 15.8. The van der Waals surface area contributed by atoms with Crippen molar-refractivity contribution in [3.8, 4) is 23.3 Å². The molecule has 3 aromatic rings. The first-order valence-corrected chi connectivity index (χ1v) is 11.0. The van der Waals surface area contributed by atoms with Crippen LogP contribution >= 0.6 is 0 Å². The highest BCUT2D eigenvalue weighted by atomic mass is 16.6. The number of carbonyl (C=O) groups is 1. The number of methoxy groups -OCH3 is 3. The Balaban J connectivity index is 0.000000316. The Kier molecular flexibility index (Phi) is 12.6. The molecule has 0 unspecified atom stereocenters. The molecular weight excluding hydrogens is 562 g/mol. The van der Waals surface area contributed by atoms with Gasteiger partial charge < -0.3 is 30.9 Å². The van der Waals surface area contributed by atoms with Gasteiger partial charge in [0.2, 0.25) is 17.2 Å². The molecule has 5 N–H and O–H groups in total. The number of nitrogens with zero attached hydrogens (tertiary/aromatic N) is 5. The van der Waals surface area contributed by atoms with Gasteiger partial charge in [0.15, 0.2) is 5.84 Å². The van der Waals surface area contributed by atoms with Crippen LogP contribution in [0.3, 0.4) is 0 Å². The third-order valence-corrected chi connectivity index (χ3v) is 4.95. The fourth-order valence-electron chi connectivity index (χ4n) is 3.19. The number of hydrogen-bond acceptors (Lipinski definition) is 13.